The van der Waals surface area contributed by atoms with Crippen LogP contribution in [0.3, 0.4) is 0 Å². The molecule has 0 unspecified atom stereocenters. The van der Waals surface area contributed by atoms with Crippen molar-refractivity contribution in [2.45, 2.75) is 18.8 Å². The van der Waals surface area contributed by atoms with E-state index in [0.29, 0.717) is 5.82 Å². The molecule has 1 aliphatic carbocycles. The lowest BCUT2D eigenvalue weighted by Gasteiger charge is -2.07. The normalized spacial score (nSPS) is 14.0. The minimum Gasteiger partial charge on any atom is -0.428 e. The number of nitro groups is 1. The molecular weight excluding hydrogens is 301 g/mol. The van der Waals surface area contributed by atoms with Crippen LogP contribution in [-0.4, -0.2) is 14.9 Å². The molecule has 1 heterocycles. The first-order chi connectivity index (χ1) is 10.0. The fraction of sp³-hybridized carbons (Fsp3) is 0.231. The summed E-state index contributed by atoms with van der Waals surface area (Å²) in [6.45, 7) is 0. The van der Waals surface area contributed by atoms with Gasteiger partial charge in [-0.3, -0.25) is 10.1 Å². The lowest BCUT2D eigenvalue weighted by atomic mass is 10.3. The molecule has 1 aromatic carbocycles. The maximum atomic E-state index is 13.8. The third kappa shape index (κ3) is 2.92. The molecule has 3 rings (SSSR count). The predicted molar refractivity (Wildman–Crippen MR) is 72.1 cm³/mol. The molecule has 1 fully saturated rings. The zero-order chi connectivity index (χ0) is 15.0. The van der Waals surface area contributed by atoms with E-state index < -0.39 is 22.2 Å². The summed E-state index contributed by atoms with van der Waals surface area (Å²) in [5.74, 6) is -0.603. The largest absolute Gasteiger partial charge is 0.428 e. The summed E-state index contributed by atoms with van der Waals surface area (Å²) in [5, 5.41) is 11.1. The SMILES string of the molecule is O=[N+]([O-])c1cccc(F)c1Oc1cc(Cl)nc(C2CC2)n1. The van der Waals surface area contributed by atoms with Gasteiger partial charge in [-0.05, 0) is 18.9 Å². The van der Waals surface area contributed by atoms with Gasteiger partial charge in [-0.25, -0.2) is 9.37 Å². The summed E-state index contributed by atoms with van der Waals surface area (Å²) in [6, 6.07) is 4.77. The van der Waals surface area contributed by atoms with Crippen LogP contribution >= 0.6 is 11.6 Å². The van der Waals surface area contributed by atoms with Crippen LogP contribution in [0.1, 0.15) is 24.6 Å². The number of aromatic nitrogens is 2. The number of hydrogen-bond acceptors (Lipinski definition) is 5. The Bertz CT molecular complexity index is 722. The lowest BCUT2D eigenvalue weighted by molar-refractivity contribution is -0.385. The fourth-order valence-corrected chi connectivity index (χ4v) is 2.02. The Kier molecular flexibility index (Phi) is 3.42. The van der Waals surface area contributed by atoms with Crippen molar-refractivity contribution in [3.63, 3.8) is 0 Å². The Morgan fingerprint density at radius 1 is 1.38 bits per heavy atom. The van der Waals surface area contributed by atoms with Crippen LogP contribution in [0.4, 0.5) is 10.1 Å². The number of halogens is 2. The van der Waals surface area contributed by atoms with Gasteiger partial charge in [0.25, 0.3) is 0 Å². The lowest BCUT2D eigenvalue weighted by Crippen LogP contribution is -2.00. The molecular formula is C13H9ClFN3O3. The highest BCUT2D eigenvalue weighted by Gasteiger charge is 2.28. The minimum atomic E-state index is -0.841. The van der Waals surface area contributed by atoms with E-state index in [9.17, 15) is 14.5 Å². The molecule has 1 saturated carbocycles. The van der Waals surface area contributed by atoms with Crippen LogP contribution in [0.2, 0.25) is 5.15 Å². The number of hydrogen-bond donors (Lipinski definition) is 0. The van der Waals surface area contributed by atoms with Gasteiger partial charge in [0.15, 0.2) is 5.82 Å². The number of nitrogens with zero attached hydrogens (tertiary/aromatic N) is 3. The van der Waals surface area contributed by atoms with Crippen LogP contribution in [0, 0.1) is 15.9 Å². The van der Waals surface area contributed by atoms with Crippen LogP contribution in [0.25, 0.3) is 0 Å². The van der Waals surface area contributed by atoms with Crippen LogP contribution in [0.5, 0.6) is 11.6 Å². The first kappa shape index (κ1) is 13.7. The summed E-state index contributed by atoms with van der Waals surface area (Å²) >= 11 is 5.87. The number of benzene rings is 1. The molecule has 8 heteroatoms. The Hall–Kier alpha value is -2.28. The maximum Gasteiger partial charge on any atom is 0.314 e. The van der Waals surface area contributed by atoms with Gasteiger partial charge < -0.3 is 4.74 Å². The Morgan fingerprint density at radius 2 is 2.14 bits per heavy atom. The first-order valence-electron chi connectivity index (χ1n) is 6.20. The van der Waals surface area contributed by atoms with Gasteiger partial charge in [-0.15, -0.1) is 0 Å². The van der Waals surface area contributed by atoms with E-state index in [2.05, 4.69) is 9.97 Å². The number of rotatable bonds is 4. The first-order valence-corrected chi connectivity index (χ1v) is 6.57. The molecule has 6 nitrogen and oxygen atoms in total. The standard InChI is InChI=1S/C13H9ClFN3O3/c14-10-6-11(17-13(16-10)7-4-5-7)21-12-8(15)2-1-3-9(12)18(19)20/h1-3,6-7H,4-5H2. The molecule has 0 spiro atoms. The highest BCUT2D eigenvalue weighted by Crippen LogP contribution is 2.40. The third-order valence-electron chi connectivity index (χ3n) is 2.98. The molecule has 1 aromatic heterocycles. The summed E-state index contributed by atoms with van der Waals surface area (Å²) in [5.41, 5.74) is -0.474. The highest BCUT2D eigenvalue weighted by molar-refractivity contribution is 6.29. The molecule has 1 aliphatic rings. The van der Waals surface area contributed by atoms with Gasteiger partial charge in [0, 0.05) is 18.1 Å². The second-order valence-corrected chi connectivity index (χ2v) is 5.00. The van der Waals surface area contributed by atoms with Gasteiger partial charge in [0.05, 0.1) is 4.92 Å². The van der Waals surface area contributed by atoms with Crippen molar-refractivity contribution >= 4 is 17.3 Å². The van der Waals surface area contributed by atoms with Gasteiger partial charge in [-0.2, -0.15) is 4.98 Å². The molecule has 0 amide bonds. The molecule has 0 radical (unpaired) electrons. The van der Waals surface area contributed by atoms with E-state index in [0.717, 1.165) is 25.0 Å². The van der Waals surface area contributed by atoms with Crippen LogP contribution in [0.15, 0.2) is 24.3 Å². The van der Waals surface area contributed by atoms with Crippen LogP contribution in [-0.2, 0) is 0 Å². The second-order valence-electron chi connectivity index (χ2n) is 4.61. The van der Waals surface area contributed by atoms with Crippen molar-refractivity contribution < 1.29 is 14.1 Å². The molecule has 0 N–H and O–H groups in total. The van der Waals surface area contributed by atoms with Gasteiger partial charge in [0.2, 0.25) is 11.6 Å². The van der Waals surface area contributed by atoms with Crippen molar-refractivity contribution in [1.82, 2.24) is 9.97 Å². The molecule has 108 valence electrons. The topological polar surface area (TPSA) is 78.2 Å². The Labute approximate surface area is 123 Å². The Morgan fingerprint density at radius 3 is 2.81 bits per heavy atom. The molecule has 0 atom stereocenters. The molecule has 0 bridgehead atoms. The number of para-hydroxylation sites is 1. The van der Waals surface area contributed by atoms with E-state index >= 15 is 0 Å². The van der Waals surface area contributed by atoms with E-state index in [-0.39, 0.29) is 17.0 Å². The summed E-state index contributed by atoms with van der Waals surface area (Å²) in [7, 11) is 0. The molecule has 0 aliphatic heterocycles. The smallest absolute Gasteiger partial charge is 0.314 e. The van der Waals surface area contributed by atoms with Crippen LogP contribution < -0.4 is 4.74 Å². The van der Waals surface area contributed by atoms with Crippen molar-refractivity contribution in [3.8, 4) is 11.6 Å². The number of nitro benzene ring substituents is 1. The predicted octanol–water partition coefficient (Wildman–Crippen LogP) is 3.85. The molecule has 0 saturated heterocycles. The van der Waals surface area contributed by atoms with Gasteiger partial charge >= 0.3 is 5.69 Å². The summed E-state index contributed by atoms with van der Waals surface area (Å²) in [6.07, 6.45) is 1.92. The Balaban J connectivity index is 1.98. The average molecular weight is 310 g/mol. The summed E-state index contributed by atoms with van der Waals surface area (Å²) < 4.78 is 19.0. The zero-order valence-electron chi connectivity index (χ0n) is 10.6. The van der Waals surface area contributed by atoms with E-state index in [4.69, 9.17) is 16.3 Å². The second kappa shape index (κ2) is 5.25. The molecule has 21 heavy (non-hydrogen) atoms. The van der Waals surface area contributed by atoms with Crippen molar-refractivity contribution in [2.24, 2.45) is 0 Å². The minimum absolute atomic E-state index is 0.00917. The average Bonchev–Trinajstić information content (AvgIpc) is 3.24. The quantitative estimate of drug-likeness (QED) is 0.487. The third-order valence-corrected chi connectivity index (χ3v) is 3.17. The van der Waals surface area contributed by atoms with E-state index in [1.807, 2.05) is 0 Å². The van der Waals surface area contributed by atoms with E-state index in [1.165, 1.54) is 12.1 Å². The van der Waals surface area contributed by atoms with Crippen molar-refractivity contribution in [1.29, 1.82) is 0 Å². The zero-order valence-corrected chi connectivity index (χ0v) is 11.4. The molecule has 2 aromatic rings. The number of ether oxygens (including phenoxy) is 1. The fourth-order valence-electron chi connectivity index (χ4n) is 1.84. The van der Waals surface area contributed by atoms with Gasteiger partial charge in [-0.1, -0.05) is 17.7 Å². The van der Waals surface area contributed by atoms with Gasteiger partial charge in [0.1, 0.15) is 11.0 Å². The van der Waals surface area contributed by atoms with E-state index in [1.54, 1.807) is 0 Å². The monoisotopic (exact) mass is 309 g/mol. The highest BCUT2D eigenvalue weighted by atomic mass is 35.5. The van der Waals surface area contributed by atoms with Crippen molar-refractivity contribution in [3.05, 3.63) is 51.2 Å². The van der Waals surface area contributed by atoms with Crippen molar-refractivity contribution in [2.75, 3.05) is 0 Å². The summed E-state index contributed by atoms with van der Waals surface area (Å²) in [4.78, 5) is 18.4. The maximum absolute atomic E-state index is 13.8.